The molecule has 0 fully saturated rings. The molecule has 0 heterocycles. The van der Waals surface area contributed by atoms with E-state index < -0.39 is 11.9 Å². The smallest absolute Gasteiger partial charge is 0.318 e. The number of carbonyl (C=O) groups excluding carboxylic acids is 2. The highest BCUT2D eigenvalue weighted by atomic mass is 16.5. The zero-order chi connectivity index (χ0) is 11.7. The molecule has 0 rings (SSSR count). The third-order valence-electron chi connectivity index (χ3n) is 1.51. The summed E-state index contributed by atoms with van der Waals surface area (Å²) in [6.45, 7) is 5.30. The standard InChI is InChI=1S/C9H19N3O3/c1-7(2)11-4-3-5-15-6-8(13)12-9(10)14/h7,11H,3-6H2,1-2H3,(H3,10,12,13,14). The van der Waals surface area contributed by atoms with Gasteiger partial charge in [-0.1, -0.05) is 13.8 Å². The summed E-state index contributed by atoms with van der Waals surface area (Å²) in [7, 11) is 0. The van der Waals surface area contributed by atoms with E-state index in [1.807, 2.05) is 5.32 Å². The Labute approximate surface area is 89.5 Å². The van der Waals surface area contributed by atoms with Crippen molar-refractivity contribution in [3.05, 3.63) is 0 Å². The predicted octanol–water partition coefficient (Wildman–Crippen LogP) is -0.414. The van der Waals surface area contributed by atoms with Crippen LogP contribution in [0.1, 0.15) is 20.3 Å². The van der Waals surface area contributed by atoms with Crippen molar-refractivity contribution >= 4 is 11.9 Å². The number of urea groups is 1. The molecular formula is C9H19N3O3. The zero-order valence-corrected chi connectivity index (χ0v) is 9.21. The maximum Gasteiger partial charge on any atom is 0.318 e. The van der Waals surface area contributed by atoms with Crippen molar-refractivity contribution in [2.24, 2.45) is 5.73 Å². The van der Waals surface area contributed by atoms with Gasteiger partial charge in [0.05, 0.1) is 0 Å². The lowest BCUT2D eigenvalue weighted by molar-refractivity contribution is -0.124. The highest BCUT2D eigenvalue weighted by Gasteiger charge is 2.03. The highest BCUT2D eigenvalue weighted by molar-refractivity contribution is 5.94. The van der Waals surface area contributed by atoms with Gasteiger partial charge in [-0.15, -0.1) is 0 Å². The summed E-state index contributed by atoms with van der Waals surface area (Å²) in [5, 5.41) is 5.12. The number of hydrogen-bond acceptors (Lipinski definition) is 4. The molecule has 0 aromatic heterocycles. The lowest BCUT2D eigenvalue weighted by atomic mass is 10.3. The van der Waals surface area contributed by atoms with Gasteiger partial charge in [-0.3, -0.25) is 10.1 Å². The minimum absolute atomic E-state index is 0.134. The molecule has 0 aliphatic carbocycles. The average molecular weight is 217 g/mol. The van der Waals surface area contributed by atoms with Gasteiger partial charge in [0.2, 0.25) is 0 Å². The normalized spacial score (nSPS) is 10.3. The Morgan fingerprint density at radius 3 is 2.60 bits per heavy atom. The van der Waals surface area contributed by atoms with Crippen molar-refractivity contribution in [2.45, 2.75) is 26.3 Å². The molecule has 0 atom stereocenters. The second-order valence-corrected chi connectivity index (χ2v) is 3.43. The second-order valence-electron chi connectivity index (χ2n) is 3.43. The number of rotatable bonds is 7. The van der Waals surface area contributed by atoms with Gasteiger partial charge in [0.25, 0.3) is 5.91 Å². The molecule has 0 spiro atoms. The maximum absolute atomic E-state index is 10.8. The Morgan fingerprint density at radius 1 is 1.40 bits per heavy atom. The molecule has 0 aromatic carbocycles. The van der Waals surface area contributed by atoms with E-state index in [0.717, 1.165) is 13.0 Å². The maximum atomic E-state index is 10.8. The molecule has 15 heavy (non-hydrogen) atoms. The number of ether oxygens (including phenoxy) is 1. The number of carbonyl (C=O) groups is 2. The molecule has 0 saturated heterocycles. The first-order chi connectivity index (χ1) is 7.02. The number of amides is 3. The number of hydrogen-bond donors (Lipinski definition) is 3. The first kappa shape index (κ1) is 13.9. The van der Waals surface area contributed by atoms with Crippen LogP contribution >= 0.6 is 0 Å². The molecule has 88 valence electrons. The van der Waals surface area contributed by atoms with Gasteiger partial charge < -0.3 is 15.8 Å². The van der Waals surface area contributed by atoms with Gasteiger partial charge in [0, 0.05) is 12.6 Å². The quantitative estimate of drug-likeness (QED) is 0.505. The summed E-state index contributed by atoms with van der Waals surface area (Å²) < 4.78 is 5.02. The van der Waals surface area contributed by atoms with Crippen molar-refractivity contribution in [3.63, 3.8) is 0 Å². The van der Waals surface area contributed by atoms with Crippen molar-refractivity contribution < 1.29 is 14.3 Å². The average Bonchev–Trinajstić information content (AvgIpc) is 2.09. The minimum atomic E-state index is -0.856. The lowest BCUT2D eigenvalue weighted by Gasteiger charge is -2.07. The molecule has 3 amide bonds. The SMILES string of the molecule is CC(C)NCCCOCC(=O)NC(N)=O. The van der Waals surface area contributed by atoms with Crippen LogP contribution in [0.5, 0.6) is 0 Å². The van der Waals surface area contributed by atoms with Crippen LogP contribution in [0.4, 0.5) is 4.79 Å². The van der Waals surface area contributed by atoms with Gasteiger partial charge in [-0.05, 0) is 13.0 Å². The molecule has 6 heteroatoms. The molecule has 0 unspecified atom stereocenters. The van der Waals surface area contributed by atoms with E-state index in [9.17, 15) is 9.59 Å². The van der Waals surface area contributed by atoms with Crippen LogP contribution in [0.2, 0.25) is 0 Å². The van der Waals surface area contributed by atoms with Crippen LogP contribution in [0.3, 0.4) is 0 Å². The molecule has 0 aliphatic heterocycles. The third-order valence-corrected chi connectivity index (χ3v) is 1.51. The van der Waals surface area contributed by atoms with Gasteiger partial charge in [0.15, 0.2) is 0 Å². The van der Waals surface area contributed by atoms with E-state index in [1.165, 1.54) is 0 Å². The fourth-order valence-electron chi connectivity index (χ4n) is 0.903. The van der Waals surface area contributed by atoms with Gasteiger partial charge in [0.1, 0.15) is 6.61 Å². The molecule has 0 bridgehead atoms. The summed E-state index contributed by atoms with van der Waals surface area (Å²) in [5.41, 5.74) is 4.74. The van der Waals surface area contributed by atoms with Gasteiger partial charge in [-0.25, -0.2) is 4.79 Å². The summed E-state index contributed by atoms with van der Waals surface area (Å²) >= 11 is 0. The Balaban J connectivity index is 3.24. The van der Waals surface area contributed by atoms with Crippen molar-refractivity contribution in [3.8, 4) is 0 Å². The Bertz CT molecular complexity index is 207. The Kier molecular flexibility index (Phi) is 7.57. The molecule has 0 saturated carbocycles. The summed E-state index contributed by atoms with van der Waals surface area (Å²) in [6.07, 6.45) is 0.821. The van der Waals surface area contributed by atoms with Crippen LogP contribution < -0.4 is 16.4 Å². The molecule has 0 radical (unpaired) electrons. The number of nitrogens with two attached hydrogens (primary N) is 1. The first-order valence-electron chi connectivity index (χ1n) is 4.92. The van der Waals surface area contributed by atoms with Crippen molar-refractivity contribution in [2.75, 3.05) is 19.8 Å². The van der Waals surface area contributed by atoms with Crippen molar-refractivity contribution in [1.82, 2.24) is 10.6 Å². The Hall–Kier alpha value is -1.14. The zero-order valence-electron chi connectivity index (χ0n) is 9.21. The minimum Gasteiger partial charge on any atom is -0.372 e. The van der Waals surface area contributed by atoms with Gasteiger partial charge in [-0.2, -0.15) is 0 Å². The predicted molar refractivity (Wildman–Crippen MR) is 56.3 cm³/mol. The van der Waals surface area contributed by atoms with Crippen molar-refractivity contribution in [1.29, 1.82) is 0 Å². The lowest BCUT2D eigenvalue weighted by Crippen LogP contribution is -2.37. The monoisotopic (exact) mass is 217 g/mol. The summed E-state index contributed by atoms with van der Waals surface area (Å²) in [4.78, 5) is 21.1. The number of nitrogens with one attached hydrogen (secondary N) is 2. The first-order valence-corrected chi connectivity index (χ1v) is 4.92. The molecule has 6 nitrogen and oxygen atoms in total. The second kappa shape index (κ2) is 8.19. The number of primary amides is 1. The molecule has 4 N–H and O–H groups in total. The topological polar surface area (TPSA) is 93.4 Å². The summed E-state index contributed by atoms with van der Waals surface area (Å²) in [5.74, 6) is -0.515. The van der Waals surface area contributed by atoms with E-state index in [4.69, 9.17) is 10.5 Å². The summed E-state index contributed by atoms with van der Waals surface area (Å²) in [6, 6.07) is -0.409. The van der Waals surface area contributed by atoms with E-state index in [1.54, 1.807) is 0 Å². The molecular weight excluding hydrogens is 198 g/mol. The van der Waals surface area contributed by atoms with E-state index in [0.29, 0.717) is 12.6 Å². The fraction of sp³-hybridized carbons (Fsp3) is 0.778. The van der Waals surface area contributed by atoms with Gasteiger partial charge >= 0.3 is 6.03 Å². The molecule has 0 aromatic rings. The van der Waals surface area contributed by atoms with Crippen LogP contribution in [-0.4, -0.2) is 37.7 Å². The fourth-order valence-corrected chi connectivity index (χ4v) is 0.903. The highest BCUT2D eigenvalue weighted by Crippen LogP contribution is 1.83. The van der Waals surface area contributed by atoms with E-state index in [2.05, 4.69) is 19.2 Å². The van der Waals surface area contributed by atoms with Crippen LogP contribution in [0.15, 0.2) is 0 Å². The van der Waals surface area contributed by atoms with Crippen LogP contribution in [0, 0.1) is 0 Å². The van der Waals surface area contributed by atoms with E-state index in [-0.39, 0.29) is 6.61 Å². The van der Waals surface area contributed by atoms with Crippen LogP contribution in [-0.2, 0) is 9.53 Å². The number of imide groups is 1. The van der Waals surface area contributed by atoms with Crippen LogP contribution in [0.25, 0.3) is 0 Å². The third kappa shape index (κ3) is 10.8. The Morgan fingerprint density at radius 2 is 2.07 bits per heavy atom. The largest absolute Gasteiger partial charge is 0.372 e. The molecule has 0 aliphatic rings. The van der Waals surface area contributed by atoms with E-state index >= 15 is 0 Å².